The molecule has 0 aliphatic rings. The molecule has 0 fully saturated rings. The summed E-state index contributed by atoms with van der Waals surface area (Å²) in [4.78, 5) is 33.4. The molecule has 0 amide bonds. The Kier molecular flexibility index (Phi) is 6.61. The molecule has 0 unspecified atom stereocenters. The van der Waals surface area contributed by atoms with E-state index in [0.717, 1.165) is 0 Å². The van der Waals surface area contributed by atoms with E-state index in [4.69, 9.17) is 10.5 Å². The van der Waals surface area contributed by atoms with Gasteiger partial charge < -0.3 is 19.8 Å². The maximum atomic E-state index is 11.7. The van der Waals surface area contributed by atoms with Crippen LogP contribution >= 0.6 is 0 Å². The molecular weight excluding hydrogens is 276 g/mol. The molecule has 0 aliphatic heterocycles. The molecule has 1 atom stereocenters. The molecule has 0 aromatic carbocycles. The first-order valence-electron chi connectivity index (χ1n) is 6.62. The van der Waals surface area contributed by atoms with Crippen molar-refractivity contribution in [3.05, 3.63) is 34.2 Å². The molecule has 1 rings (SSSR count). The Labute approximate surface area is 122 Å². The standard InChI is InChI=1S/C14H20N2O5/c1-10(2)13(15)14(19)21-6-5-16-7-11(8-20-9-17)3-4-12(16)18/h3-4,7,9-10,13H,5-6,8,15H2,1-2H3/t13-/m0/s1. The lowest BCUT2D eigenvalue weighted by Crippen LogP contribution is -2.37. The van der Waals surface area contributed by atoms with Gasteiger partial charge in [-0.1, -0.05) is 13.8 Å². The maximum Gasteiger partial charge on any atom is 0.323 e. The summed E-state index contributed by atoms with van der Waals surface area (Å²) in [5.74, 6) is -0.498. The Balaban J connectivity index is 2.56. The molecule has 0 bridgehead atoms. The Morgan fingerprint density at radius 2 is 2.14 bits per heavy atom. The van der Waals surface area contributed by atoms with Gasteiger partial charge >= 0.3 is 5.97 Å². The molecule has 1 aromatic heterocycles. The summed E-state index contributed by atoms with van der Waals surface area (Å²) in [5.41, 5.74) is 6.10. The van der Waals surface area contributed by atoms with Crippen molar-refractivity contribution < 1.29 is 19.1 Å². The number of ether oxygens (including phenoxy) is 2. The van der Waals surface area contributed by atoms with E-state index in [0.29, 0.717) is 12.0 Å². The van der Waals surface area contributed by atoms with Crippen LogP contribution < -0.4 is 11.3 Å². The van der Waals surface area contributed by atoms with Crippen molar-refractivity contribution in [1.29, 1.82) is 0 Å². The van der Waals surface area contributed by atoms with Gasteiger partial charge in [-0.25, -0.2) is 0 Å². The third kappa shape index (κ3) is 5.39. The van der Waals surface area contributed by atoms with Gasteiger partial charge in [0.15, 0.2) is 0 Å². The second-order valence-corrected chi connectivity index (χ2v) is 4.91. The van der Waals surface area contributed by atoms with Gasteiger partial charge in [-0.15, -0.1) is 0 Å². The van der Waals surface area contributed by atoms with Crippen LogP contribution in [0.5, 0.6) is 0 Å². The SMILES string of the molecule is CC(C)[C@H](N)C(=O)OCCn1cc(COC=O)ccc1=O. The molecule has 21 heavy (non-hydrogen) atoms. The second-order valence-electron chi connectivity index (χ2n) is 4.91. The van der Waals surface area contributed by atoms with Crippen molar-refractivity contribution in [2.45, 2.75) is 33.0 Å². The summed E-state index contributed by atoms with van der Waals surface area (Å²) in [6.45, 7) is 4.34. The molecule has 1 heterocycles. The number of carbonyl (C=O) groups excluding carboxylic acids is 2. The van der Waals surface area contributed by atoms with Crippen LogP contribution in [0.4, 0.5) is 0 Å². The fraction of sp³-hybridized carbons (Fsp3) is 0.500. The van der Waals surface area contributed by atoms with Crippen LogP contribution in [-0.4, -0.2) is 29.7 Å². The van der Waals surface area contributed by atoms with Gasteiger partial charge in [-0.3, -0.25) is 14.4 Å². The van der Waals surface area contributed by atoms with Gasteiger partial charge in [0, 0.05) is 17.8 Å². The largest absolute Gasteiger partial charge is 0.463 e. The van der Waals surface area contributed by atoms with Crippen LogP contribution in [0.15, 0.2) is 23.1 Å². The molecule has 0 saturated heterocycles. The molecule has 0 spiro atoms. The van der Waals surface area contributed by atoms with Crippen molar-refractivity contribution in [3.8, 4) is 0 Å². The van der Waals surface area contributed by atoms with E-state index in [1.54, 1.807) is 12.3 Å². The van der Waals surface area contributed by atoms with E-state index in [1.165, 1.54) is 10.6 Å². The zero-order valence-electron chi connectivity index (χ0n) is 12.2. The van der Waals surface area contributed by atoms with Crippen molar-refractivity contribution >= 4 is 12.4 Å². The molecule has 7 heteroatoms. The molecule has 0 radical (unpaired) electrons. The summed E-state index contributed by atoms with van der Waals surface area (Å²) in [6, 6.07) is 2.27. The minimum absolute atomic E-state index is 0.0101. The fourth-order valence-corrected chi connectivity index (χ4v) is 1.58. The van der Waals surface area contributed by atoms with Crippen molar-refractivity contribution in [3.63, 3.8) is 0 Å². The average molecular weight is 296 g/mol. The first-order valence-corrected chi connectivity index (χ1v) is 6.62. The Bertz CT molecular complexity index is 538. The minimum Gasteiger partial charge on any atom is -0.463 e. The molecule has 116 valence electrons. The summed E-state index contributed by atoms with van der Waals surface area (Å²) < 4.78 is 11.0. The third-order valence-corrected chi connectivity index (χ3v) is 2.93. The monoisotopic (exact) mass is 296 g/mol. The lowest BCUT2D eigenvalue weighted by Gasteiger charge is -2.15. The van der Waals surface area contributed by atoms with Gasteiger partial charge in [0.25, 0.3) is 12.0 Å². The zero-order valence-corrected chi connectivity index (χ0v) is 12.2. The smallest absolute Gasteiger partial charge is 0.323 e. The van der Waals surface area contributed by atoms with Gasteiger partial charge in [-0.05, 0) is 12.0 Å². The molecular formula is C14H20N2O5. The van der Waals surface area contributed by atoms with Crippen LogP contribution in [0.25, 0.3) is 0 Å². The number of nitrogens with two attached hydrogens (primary N) is 1. The van der Waals surface area contributed by atoms with Crippen LogP contribution in [0.1, 0.15) is 19.4 Å². The number of esters is 1. The molecule has 2 N–H and O–H groups in total. The summed E-state index contributed by atoms with van der Waals surface area (Å²) in [6.07, 6.45) is 1.56. The molecule has 1 aromatic rings. The number of aromatic nitrogens is 1. The topological polar surface area (TPSA) is 101 Å². The lowest BCUT2D eigenvalue weighted by atomic mass is 10.1. The minimum atomic E-state index is -0.672. The highest BCUT2D eigenvalue weighted by atomic mass is 16.5. The van der Waals surface area contributed by atoms with Crippen LogP contribution in [0, 0.1) is 5.92 Å². The van der Waals surface area contributed by atoms with Crippen molar-refractivity contribution in [2.75, 3.05) is 6.61 Å². The maximum absolute atomic E-state index is 11.7. The highest BCUT2D eigenvalue weighted by Gasteiger charge is 2.18. The second kappa shape index (κ2) is 8.21. The van der Waals surface area contributed by atoms with Gasteiger partial charge in [0.1, 0.15) is 19.3 Å². The van der Waals surface area contributed by atoms with Crippen LogP contribution in [-0.2, 0) is 32.2 Å². The summed E-state index contributed by atoms with van der Waals surface area (Å²) >= 11 is 0. The first kappa shape index (κ1) is 16.9. The van der Waals surface area contributed by atoms with Crippen LogP contribution in [0.2, 0.25) is 0 Å². The quantitative estimate of drug-likeness (QED) is 0.537. The highest BCUT2D eigenvalue weighted by Crippen LogP contribution is 2.01. The number of pyridine rings is 1. The average Bonchev–Trinajstić information content (AvgIpc) is 2.46. The fourth-order valence-electron chi connectivity index (χ4n) is 1.58. The van der Waals surface area contributed by atoms with E-state index in [-0.39, 0.29) is 31.2 Å². The zero-order chi connectivity index (χ0) is 15.8. The Morgan fingerprint density at radius 3 is 2.76 bits per heavy atom. The van der Waals surface area contributed by atoms with Crippen molar-refractivity contribution in [1.82, 2.24) is 4.57 Å². The van der Waals surface area contributed by atoms with Gasteiger partial charge in [0.05, 0.1) is 6.54 Å². The van der Waals surface area contributed by atoms with Gasteiger partial charge in [-0.2, -0.15) is 0 Å². The number of rotatable bonds is 8. The number of carbonyl (C=O) groups is 2. The number of nitrogens with zero attached hydrogens (tertiary/aromatic N) is 1. The normalized spacial score (nSPS) is 12.0. The third-order valence-electron chi connectivity index (χ3n) is 2.93. The highest BCUT2D eigenvalue weighted by molar-refractivity contribution is 5.75. The summed E-state index contributed by atoms with van der Waals surface area (Å²) in [7, 11) is 0. The predicted octanol–water partition coefficient (Wildman–Crippen LogP) is 0.0478. The molecule has 0 saturated carbocycles. The van der Waals surface area contributed by atoms with Gasteiger partial charge in [0.2, 0.25) is 0 Å². The number of hydrogen-bond acceptors (Lipinski definition) is 6. The Morgan fingerprint density at radius 1 is 1.43 bits per heavy atom. The molecule has 0 aliphatic carbocycles. The van der Waals surface area contributed by atoms with E-state index in [1.807, 2.05) is 13.8 Å². The lowest BCUT2D eigenvalue weighted by molar-refractivity contribution is -0.146. The van der Waals surface area contributed by atoms with E-state index >= 15 is 0 Å². The van der Waals surface area contributed by atoms with Crippen molar-refractivity contribution in [2.24, 2.45) is 11.7 Å². The van der Waals surface area contributed by atoms with Crippen LogP contribution in [0.3, 0.4) is 0 Å². The number of hydrogen-bond donors (Lipinski definition) is 1. The summed E-state index contributed by atoms with van der Waals surface area (Å²) in [5, 5.41) is 0. The Hall–Kier alpha value is -2.15. The molecule has 7 nitrogen and oxygen atoms in total. The van der Waals surface area contributed by atoms with E-state index in [9.17, 15) is 14.4 Å². The van der Waals surface area contributed by atoms with E-state index in [2.05, 4.69) is 4.74 Å². The first-order chi connectivity index (χ1) is 9.95. The predicted molar refractivity (Wildman–Crippen MR) is 75.3 cm³/mol. The van der Waals surface area contributed by atoms with E-state index < -0.39 is 12.0 Å².